The van der Waals surface area contributed by atoms with Gasteiger partial charge in [-0.2, -0.15) is 0 Å². The summed E-state index contributed by atoms with van der Waals surface area (Å²) in [6, 6.07) is 11.5. The van der Waals surface area contributed by atoms with Crippen LogP contribution in [0.2, 0.25) is 0 Å². The molecule has 0 aliphatic rings. The van der Waals surface area contributed by atoms with Gasteiger partial charge in [-0.15, -0.1) is 0 Å². The van der Waals surface area contributed by atoms with E-state index in [1.807, 2.05) is 24.3 Å². The summed E-state index contributed by atoms with van der Waals surface area (Å²) in [5.41, 5.74) is 3.97. The van der Waals surface area contributed by atoms with E-state index in [0.29, 0.717) is 18.4 Å². The molecule has 0 aromatic heterocycles. The molecule has 0 aliphatic carbocycles. The smallest absolute Gasteiger partial charge is 0.162 e. The Balaban J connectivity index is 2.11. The van der Waals surface area contributed by atoms with Crippen LogP contribution in [-0.4, -0.2) is 13.2 Å². The number of hydrogen-bond donors (Lipinski definition) is 2. The van der Waals surface area contributed by atoms with Crippen LogP contribution in [0.3, 0.4) is 0 Å². The van der Waals surface area contributed by atoms with Gasteiger partial charge in [0.25, 0.3) is 0 Å². The monoisotopic (exact) mass is 292 g/mol. The summed E-state index contributed by atoms with van der Waals surface area (Å²) in [7, 11) is 1.60. The van der Waals surface area contributed by atoms with Crippen molar-refractivity contribution in [1.82, 2.24) is 5.43 Å². The maximum atomic E-state index is 13.7. The molecule has 3 nitrogen and oxygen atoms in total. The lowest BCUT2D eigenvalue weighted by Crippen LogP contribution is -2.38. The van der Waals surface area contributed by atoms with E-state index in [1.165, 1.54) is 6.07 Å². The van der Waals surface area contributed by atoms with Crippen molar-refractivity contribution >= 4 is 0 Å². The molecule has 0 saturated carbocycles. The van der Waals surface area contributed by atoms with Crippen molar-refractivity contribution in [2.45, 2.75) is 18.9 Å². The Bertz CT molecular complexity index is 605. The Hall–Kier alpha value is -1.98. The highest BCUT2D eigenvalue weighted by Gasteiger charge is 2.14. The Kier molecular flexibility index (Phi) is 5.25. The lowest BCUT2D eigenvalue weighted by Gasteiger charge is -2.17. The first-order valence-electron chi connectivity index (χ1n) is 6.66. The summed E-state index contributed by atoms with van der Waals surface area (Å²) >= 11 is 0. The lowest BCUT2D eigenvalue weighted by molar-refractivity contribution is 0.413. The molecule has 21 heavy (non-hydrogen) atoms. The zero-order valence-corrected chi connectivity index (χ0v) is 11.8. The van der Waals surface area contributed by atoms with Crippen LogP contribution in [0, 0.1) is 11.6 Å². The minimum absolute atomic E-state index is 0.201. The molecule has 2 aromatic rings. The maximum absolute atomic E-state index is 13.7. The van der Waals surface area contributed by atoms with E-state index in [2.05, 4.69) is 5.43 Å². The number of nitrogens with one attached hydrogen (secondary N) is 1. The summed E-state index contributed by atoms with van der Waals surface area (Å²) < 4.78 is 32.1. The number of ether oxygens (including phenoxy) is 1. The van der Waals surface area contributed by atoms with Crippen LogP contribution in [0.25, 0.3) is 0 Å². The molecule has 1 atom stereocenters. The summed E-state index contributed by atoms with van der Waals surface area (Å²) in [4.78, 5) is 0. The van der Waals surface area contributed by atoms with Crippen LogP contribution in [0.1, 0.15) is 11.1 Å². The zero-order valence-electron chi connectivity index (χ0n) is 11.8. The first-order valence-corrected chi connectivity index (χ1v) is 6.66. The first kappa shape index (κ1) is 15.4. The molecule has 1 unspecified atom stereocenters. The van der Waals surface area contributed by atoms with E-state index in [1.54, 1.807) is 13.2 Å². The van der Waals surface area contributed by atoms with Crippen LogP contribution < -0.4 is 16.0 Å². The quantitative estimate of drug-likeness (QED) is 0.635. The second kappa shape index (κ2) is 7.15. The Morgan fingerprint density at radius 3 is 2.62 bits per heavy atom. The number of benzene rings is 2. The van der Waals surface area contributed by atoms with E-state index < -0.39 is 11.6 Å². The van der Waals surface area contributed by atoms with Crippen molar-refractivity contribution in [3.63, 3.8) is 0 Å². The van der Waals surface area contributed by atoms with Crippen molar-refractivity contribution in [3.05, 3.63) is 65.2 Å². The molecule has 0 amide bonds. The lowest BCUT2D eigenvalue weighted by atomic mass is 9.99. The predicted molar refractivity (Wildman–Crippen MR) is 77.9 cm³/mol. The molecule has 2 aromatic carbocycles. The zero-order chi connectivity index (χ0) is 15.2. The molecular weight excluding hydrogens is 274 g/mol. The third kappa shape index (κ3) is 4.00. The van der Waals surface area contributed by atoms with Crippen LogP contribution in [-0.2, 0) is 12.8 Å². The van der Waals surface area contributed by atoms with E-state index in [0.717, 1.165) is 17.4 Å². The molecule has 2 rings (SSSR count). The number of rotatable bonds is 6. The fourth-order valence-electron chi connectivity index (χ4n) is 2.25. The van der Waals surface area contributed by atoms with E-state index in [4.69, 9.17) is 10.6 Å². The van der Waals surface area contributed by atoms with Gasteiger partial charge in [-0.1, -0.05) is 24.3 Å². The average molecular weight is 292 g/mol. The molecule has 3 N–H and O–H groups in total. The van der Waals surface area contributed by atoms with Gasteiger partial charge in [-0.3, -0.25) is 11.3 Å². The second-order valence-electron chi connectivity index (χ2n) is 4.84. The number of methoxy groups -OCH3 is 1. The summed E-state index contributed by atoms with van der Waals surface area (Å²) in [6.07, 6.45) is 0.890. The summed E-state index contributed by atoms with van der Waals surface area (Å²) in [6.45, 7) is 0. The number of hydrazine groups is 1. The Labute approximate surface area is 122 Å². The highest BCUT2D eigenvalue weighted by molar-refractivity contribution is 5.29. The number of halogens is 2. The van der Waals surface area contributed by atoms with Crippen molar-refractivity contribution in [1.29, 1.82) is 0 Å². The van der Waals surface area contributed by atoms with Crippen LogP contribution in [0.5, 0.6) is 5.75 Å². The van der Waals surface area contributed by atoms with Gasteiger partial charge in [0.05, 0.1) is 7.11 Å². The molecule has 0 fully saturated rings. The molecule has 0 bridgehead atoms. The van der Waals surface area contributed by atoms with Gasteiger partial charge in [0, 0.05) is 6.04 Å². The van der Waals surface area contributed by atoms with Gasteiger partial charge in [0.15, 0.2) is 11.6 Å². The van der Waals surface area contributed by atoms with Crippen molar-refractivity contribution < 1.29 is 13.5 Å². The van der Waals surface area contributed by atoms with Gasteiger partial charge >= 0.3 is 0 Å². The van der Waals surface area contributed by atoms with E-state index in [9.17, 15) is 8.78 Å². The van der Waals surface area contributed by atoms with E-state index >= 15 is 0 Å². The van der Waals surface area contributed by atoms with Gasteiger partial charge in [0.1, 0.15) is 5.75 Å². The molecule has 0 saturated heterocycles. The van der Waals surface area contributed by atoms with Gasteiger partial charge in [-0.25, -0.2) is 8.78 Å². The van der Waals surface area contributed by atoms with Gasteiger partial charge in [0.2, 0.25) is 0 Å². The SMILES string of the molecule is COc1cccc(CC(Cc2cccc(F)c2F)NN)c1. The first-order chi connectivity index (χ1) is 10.1. The van der Waals surface area contributed by atoms with Crippen molar-refractivity contribution in [3.8, 4) is 5.75 Å². The molecule has 5 heteroatoms. The fraction of sp³-hybridized carbons (Fsp3) is 0.250. The topological polar surface area (TPSA) is 47.3 Å². The Morgan fingerprint density at radius 2 is 1.90 bits per heavy atom. The molecule has 0 aliphatic heterocycles. The van der Waals surface area contributed by atoms with Crippen LogP contribution in [0.15, 0.2) is 42.5 Å². The standard InChI is InChI=1S/C16H18F2N2O/c1-21-14-6-2-4-11(9-14)8-13(20-19)10-12-5-3-7-15(17)16(12)18/h2-7,9,13,20H,8,10,19H2,1H3. The summed E-state index contributed by atoms with van der Waals surface area (Å²) in [5, 5.41) is 0. The molecular formula is C16H18F2N2O. The minimum atomic E-state index is -0.843. The molecule has 0 spiro atoms. The highest BCUT2D eigenvalue weighted by Crippen LogP contribution is 2.17. The van der Waals surface area contributed by atoms with Crippen LogP contribution in [0.4, 0.5) is 8.78 Å². The van der Waals surface area contributed by atoms with Gasteiger partial charge in [-0.05, 0) is 42.2 Å². The van der Waals surface area contributed by atoms with Crippen molar-refractivity contribution in [2.24, 2.45) is 5.84 Å². The normalized spacial score (nSPS) is 12.2. The third-order valence-corrected chi connectivity index (χ3v) is 3.35. The van der Waals surface area contributed by atoms with Crippen LogP contribution >= 0.6 is 0 Å². The fourth-order valence-corrected chi connectivity index (χ4v) is 2.25. The predicted octanol–water partition coefficient (Wildman–Crippen LogP) is 2.59. The van der Waals surface area contributed by atoms with Crippen molar-refractivity contribution in [2.75, 3.05) is 7.11 Å². The highest BCUT2D eigenvalue weighted by atomic mass is 19.2. The second-order valence-corrected chi connectivity index (χ2v) is 4.84. The average Bonchev–Trinajstić information content (AvgIpc) is 2.51. The molecule has 112 valence electrons. The molecule has 0 radical (unpaired) electrons. The molecule has 0 heterocycles. The number of hydrogen-bond acceptors (Lipinski definition) is 3. The number of nitrogens with two attached hydrogens (primary N) is 1. The third-order valence-electron chi connectivity index (χ3n) is 3.35. The van der Waals surface area contributed by atoms with E-state index in [-0.39, 0.29) is 6.04 Å². The summed E-state index contributed by atoms with van der Waals surface area (Å²) in [5.74, 6) is 4.62. The van der Waals surface area contributed by atoms with Gasteiger partial charge < -0.3 is 4.74 Å². The Morgan fingerprint density at radius 1 is 1.14 bits per heavy atom. The largest absolute Gasteiger partial charge is 0.497 e. The maximum Gasteiger partial charge on any atom is 0.162 e. The minimum Gasteiger partial charge on any atom is -0.497 e.